The van der Waals surface area contributed by atoms with Gasteiger partial charge in [0.25, 0.3) is 0 Å². The minimum absolute atomic E-state index is 0.0916. The highest BCUT2D eigenvalue weighted by Gasteiger charge is 2.24. The van der Waals surface area contributed by atoms with Crippen LogP contribution in [0.15, 0.2) is 77.4 Å². The topological polar surface area (TPSA) is 47.9 Å². The SMILES string of the molecule is O=C1OC(c2ccc(Cl)c(Cl)c2)=N/C1=C\c1cccc(OCc2ccccc2F)c1. The molecule has 0 N–H and O–H groups in total. The summed E-state index contributed by atoms with van der Waals surface area (Å²) in [5.41, 5.74) is 1.83. The van der Waals surface area contributed by atoms with Crippen LogP contribution in [0, 0.1) is 5.82 Å². The number of esters is 1. The molecule has 0 fully saturated rings. The number of nitrogens with zero attached hydrogens (tertiary/aromatic N) is 1. The number of carbonyl (C=O) groups excluding carboxylic acids is 1. The maximum Gasteiger partial charge on any atom is 0.363 e. The molecule has 0 bridgehead atoms. The molecule has 0 unspecified atom stereocenters. The zero-order valence-corrected chi connectivity index (χ0v) is 17.0. The largest absolute Gasteiger partial charge is 0.489 e. The molecule has 4 nitrogen and oxygen atoms in total. The molecule has 1 heterocycles. The molecular weight excluding hydrogens is 428 g/mol. The summed E-state index contributed by atoms with van der Waals surface area (Å²) in [5, 5.41) is 0.735. The normalized spacial score (nSPS) is 14.6. The van der Waals surface area contributed by atoms with Crippen LogP contribution in [0.25, 0.3) is 6.08 Å². The Kier molecular flexibility index (Phi) is 5.84. The maximum absolute atomic E-state index is 13.7. The fourth-order valence-corrected chi connectivity index (χ4v) is 3.09. The fourth-order valence-electron chi connectivity index (χ4n) is 2.79. The Balaban J connectivity index is 1.53. The Hall–Kier alpha value is -3.15. The van der Waals surface area contributed by atoms with Crippen LogP contribution in [-0.4, -0.2) is 11.9 Å². The van der Waals surface area contributed by atoms with Crippen LogP contribution in [-0.2, 0) is 16.1 Å². The number of aliphatic imine (C=N–C) groups is 1. The molecule has 4 rings (SSSR count). The zero-order valence-electron chi connectivity index (χ0n) is 15.4. The first-order chi connectivity index (χ1) is 14.5. The van der Waals surface area contributed by atoms with Gasteiger partial charge in [0.2, 0.25) is 5.90 Å². The summed E-state index contributed by atoms with van der Waals surface area (Å²) in [6, 6.07) is 18.3. The summed E-state index contributed by atoms with van der Waals surface area (Å²) in [7, 11) is 0. The first kappa shape index (κ1) is 20.1. The van der Waals surface area contributed by atoms with Crippen molar-refractivity contribution in [1.82, 2.24) is 0 Å². The molecule has 1 aliphatic heterocycles. The van der Waals surface area contributed by atoms with E-state index in [-0.39, 0.29) is 24.0 Å². The Morgan fingerprint density at radius 1 is 1.00 bits per heavy atom. The van der Waals surface area contributed by atoms with Gasteiger partial charge in [-0.15, -0.1) is 0 Å². The predicted molar refractivity (Wildman–Crippen MR) is 114 cm³/mol. The molecule has 0 atom stereocenters. The van der Waals surface area contributed by atoms with Gasteiger partial charge in [-0.3, -0.25) is 0 Å². The molecular formula is C23H14Cl2FNO3. The Bertz CT molecular complexity index is 1190. The summed E-state index contributed by atoms with van der Waals surface area (Å²) in [6.45, 7) is 0.0916. The fraction of sp³-hybridized carbons (Fsp3) is 0.0435. The number of hydrogen-bond donors (Lipinski definition) is 0. The van der Waals surface area contributed by atoms with Gasteiger partial charge in [0.1, 0.15) is 18.2 Å². The summed E-state index contributed by atoms with van der Waals surface area (Å²) >= 11 is 11.9. The van der Waals surface area contributed by atoms with Crippen LogP contribution in [0.5, 0.6) is 5.75 Å². The molecule has 0 amide bonds. The number of benzene rings is 3. The van der Waals surface area contributed by atoms with E-state index in [0.717, 1.165) is 0 Å². The lowest BCUT2D eigenvalue weighted by atomic mass is 10.2. The second kappa shape index (κ2) is 8.69. The second-order valence-corrected chi connectivity index (χ2v) is 7.23. The quantitative estimate of drug-likeness (QED) is 0.357. The molecule has 3 aromatic carbocycles. The maximum atomic E-state index is 13.7. The first-order valence-corrected chi connectivity index (χ1v) is 9.69. The minimum Gasteiger partial charge on any atom is -0.489 e. The first-order valence-electron chi connectivity index (χ1n) is 8.94. The van der Waals surface area contributed by atoms with Gasteiger partial charge < -0.3 is 9.47 Å². The molecule has 1 aliphatic rings. The van der Waals surface area contributed by atoms with Crippen LogP contribution < -0.4 is 4.74 Å². The Labute approximate surface area is 182 Å². The van der Waals surface area contributed by atoms with E-state index >= 15 is 0 Å². The van der Waals surface area contributed by atoms with E-state index in [4.69, 9.17) is 32.7 Å². The highest BCUT2D eigenvalue weighted by Crippen LogP contribution is 2.26. The van der Waals surface area contributed by atoms with Crippen molar-refractivity contribution in [2.45, 2.75) is 6.61 Å². The third-order valence-corrected chi connectivity index (χ3v) is 5.04. The van der Waals surface area contributed by atoms with Gasteiger partial charge in [-0.1, -0.05) is 53.5 Å². The number of rotatable bonds is 5. The summed E-state index contributed by atoms with van der Waals surface area (Å²) in [5.74, 6) is -0.216. The minimum atomic E-state index is -0.575. The van der Waals surface area contributed by atoms with Crippen molar-refractivity contribution in [3.8, 4) is 5.75 Å². The van der Waals surface area contributed by atoms with Gasteiger partial charge in [-0.2, -0.15) is 0 Å². The number of halogens is 3. The van der Waals surface area contributed by atoms with Gasteiger partial charge in [0.15, 0.2) is 5.70 Å². The summed E-state index contributed by atoms with van der Waals surface area (Å²) in [4.78, 5) is 16.5. The number of ether oxygens (including phenoxy) is 2. The lowest BCUT2D eigenvalue weighted by Crippen LogP contribution is -2.05. The van der Waals surface area contributed by atoms with Crippen LogP contribution in [0.1, 0.15) is 16.7 Å². The van der Waals surface area contributed by atoms with Crippen molar-refractivity contribution in [2.24, 2.45) is 4.99 Å². The van der Waals surface area contributed by atoms with E-state index in [1.54, 1.807) is 66.7 Å². The zero-order chi connectivity index (χ0) is 21.1. The average Bonchev–Trinajstić information content (AvgIpc) is 3.10. The third-order valence-electron chi connectivity index (χ3n) is 4.30. The highest BCUT2D eigenvalue weighted by molar-refractivity contribution is 6.42. The van der Waals surface area contributed by atoms with Crippen LogP contribution >= 0.6 is 23.2 Å². The second-order valence-electron chi connectivity index (χ2n) is 6.42. The molecule has 0 spiro atoms. The number of cyclic esters (lactones) is 1. The van der Waals surface area contributed by atoms with Crippen molar-refractivity contribution in [2.75, 3.05) is 0 Å². The van der Waals surface area contributed by atoms with E-state index in [1.165, 1.54) is 6.07 Å². The van der Waals surface area contributed by atoms with Crippen LogP contribution in [0.3, 0.4) is 0 Å². The molecule has 0 radical (unpaired) electrons. The van der Waals surface area contributed by atoms with Crippen LogP contribution in [0.4, 0.5) is 4.39 Å². The Morgan fingerprint density at radius 3 is 2.63 bits per heavy atom. The smallest absolute Gasteiger partial charge is 0.363 e. The number of hydrogen-bond acceptors (Lipinski definition) is 4. The lowest BCUT2D eigenvalue weighted by molar-refractivity contribution is -0.129. The molecule has 150 valence electrons. The van der Waals surface area contributed by atoms with Gasteiger partial charge in [-0.25, -0.2) is 14.2 Å². The van der Waals surface area contributed by atoms with Crippen molar-refractivity contribution < 1.29 is 18.7 Å². The average molecular weight is 442 g/mol. The molecule has 0 aliphatic carbocycles. The van der Waals surface area contributed by atoms with Crippen molar-refractivity contribution >= 4 is 41.1 Å². The Morgan fingerprint density at radius 2 is 1.83 bits per heavy atom. The monoisotopic (exact) mass is 441 g/mol. The van der Waals surface area contributed by atoms with Crippen molar-refractivity contribution in [3.05, 3.63) is 105 Å². The van der Waals surface area contributed by atoms with Crippen molar-refractivity contribution in [1.29, 1.82) is 0 Å². The number of carbonyl (C=O) groups is 1. The van der Waals surface area contributed by atoms with Crippen LogP contribution in [0.2, 0.25) is 10.0 Å². The van der Waals surface area contributed by atoms with E-state index in [0.29, 0.717) is 32.5 Å². The summed E-state index contributed by atoms with van der Waals surface area (Å²) in [6.07, 6.45) is 1.59. The molecule has 0 saturated heterocycles. The molecule has 3 aromatic rings. The lowest BCUT2D eigenvalue weighted by Gasteiger charge is -2.07. The van der Waals surface area contributed by atoms with Crippen molar-refractivity contribution in [3.63, 3.8) is 0 Å². The molecule has 30 heavy (non-hydrogen) atoms. The van der Waals surface area contributed by atoms with E-state index < -0.39 is 5.97 Å². The van der Waals surface area contributed by atoms with E-state index in [1.807, 2.05) is 0 Å². The van der Waals surface area contributed by atoms with E-state index in [9.17, 15) is 9.18 Å². The third kappa shape index (κ3) is 4.53. The molecule has 7 heteroatoms. The van der Waals surface area contributed by atoms with Gasteiger partial charge >= 0.3 is 5.97 Å². The molecule has 0 aromatic heterocycles. The van der Waals surface area contributed by atoms with Gasteiger partial charge in [0.05, 0.1) is 10.0 Å². The van der Waals surface area contributed by atoms with Gasteiger partial charge in [0, 0.05) is 11.1 Å². The predicted octanol–water partition coefficient (Wildman–Crippen LogP) is 6.06. The van der Waals surface area contributed by atoms with E-state index in [2.05, 4.69) is 4.99 Å². The highest BCUT2D eigenvalue weighted by atomic mass is 35.5. The summed E-state index contributed by atoms with van der Waals surface area (Å²) < 4.78 is 24.7. The molecule has 0 saturated carbocycles. The standard InChI is InChI=1S/C23H14Cl2FNO3/c24-18-9-8-15(12-19(18)25)22-27-21(23(28)30-22)11-14-4-3-6-17(10-14)29-13-16-5-1-2-7-20(16)26/h1-12H,13H2/b21-11-. The van der Waals surface area contributed by atoms with Gasteiger partial charge in [-0.05, 0) is 48.0 Å².